The number of sulfone groups is 1. The molecule has 0 fully saturated rings. The number of allylic oxidation sites excluding steroid dienone is 1. The third-order valence-electron chi connectivity index (χ3n) is 5.18. The molecule has 4 rings (SSSR count). The van der Waals surface area contributed by atoms with Crippen LogP contribution in [0.5, 0.6) is 17.4 Å². The molecule has 0 atom stereocenters. The van der Waals surface area contributed by atoms with Gasteiger partial charge in [0, 0.05) is 6.07 Å². The lowest BCUT2D eigenvalue weighted by molar-refractivity contribution is -0.832. The van der Waals surface area contributed by atoms with Crippen molar-refractivity contribution in [3.05, 3.63) is 101 Å². The fourth-order valence-corrected chi connectivity index (χ4v) is 4.63. The van der Waals surface area contributed by atoms with Crippen molar-refractivity contribution in [1.82, 2.24) is 5.16 Å². The summed E-state index contributed by atoms with van der Waals surface area (Å²) < 4.78 is 59.3. The van der Waals surface area contributed by atoms with E-state index < -0.39 is 20.7 Å². The van der Waals surface area contributed by atoms with Gasteiger partial charge in [-0.05, 0) is 52.9 Å². The van der Waals surface area contributed by atoms with Crippen LogP contribution in [0.2, 0.25) is 0 Å². The van der Waals surface area contributed by atoms with Crippen LogP contribution in [0.4, 0.5) is 4.39 Å². The standard InChI is InChI=1S/C26H21FN2O8S/c1-34-24-17-20(12-13-22(24)23(30)14-9-18-7-10-19(27)11-8-18)35-15-16-36-25-26(29(31)37-28-25)38(32,33)21-5-3-2-4-6-21/h2-14,17H,15-16H2,1H3/b14-9+. The summed E-state index contributed by atoms with van der Waals surface area (Å²) >= 11 is 0. The third kappa shape index (κ3) is 5.98. The molecule has 0 amide bonds. The monoisotopic (exact) mass is 540 g/mol. The van der Waals surface area contributed by atoms with E-state index in [1.807, 2.05) is 0 Å². The van der Waals surface area contributed by atoms with Gasteiger partial charge in [0.1, 0.15) is 30.5 Å². The van der Waals surface area contributed by atoms with Crippen molar-refractivity contribution in [2.75, 3.05) is 20.3 Å². The highest BCUT2D eigenvalue weighted by molar-refractivity contribution is 7.91. The lowest BCUT2D eigenvalue weighted by Gasteiger charge is -2.10. The smallest absolute Gasteiger partial charge is 0.415 e. The number of ketones is 1. The molecule has 0 spiro atoms. The van der Waals surface area contributed by atoms with Gasteiger partial charge in [-0.2, -0.15) is 0 Å². The normalized spacial score (nSPS) is 11.4. The number of hydrogen-bond donors (Lipinski definition) is 0. The summed E-state index contributed by atoms with van der Waals surface area (Å²) in [4.78, 5) is 12.3. The van der Waals surface area contributed by atoms with Crippen molar-refractivity contribution in [3.8, 4) is 17.4 Å². The van der Waals surface area contributed by atoms with E-state index in [4.69, 9.17) is 14.2 Å². The quantitative estimate of drug-likeness (QED) is 0.121. The van der Waals surface area contributed by atoms with E-state index in [0.717, 1.165) is 0 Å². The highest BCUT2D eigenvalue weighted by Gasteiger charge is 2.35. The Kier molecular flexibility index (Phi) is 8.02. The number of rotatable bonds is 11. The Morgan fingerprint density at radius 3 is 2.47 bits per heavy atom. The number of halogens is 1. The molecule has 0 N–H and O–H groups in total. The van der Waals surface area contributed by atoms with Gasteiger partial charge in [-0.3, -0.25) is 9.42 Å². The lowest BCUT2D eigenvalue weighted by atomic mass is 10.1. The Morgan fingerprint density at radius 1 is 1.05 bits per heavy atom. The second-order valence-corrected chi connectivity index (χ2v) is 9.53. The molecule has 0 aliphatic rings. The first-order valence-corrected chi connectivity index (χ1v) is 12.6. The maximum absolute atomic E-state index is 13.0. The Balaban J connectivity index is 1.38. The Labute approximate surface area is 216 Å². The number of ether oxygens (including phenoxy) is 3. The van der Waals surface area contributed by atoms with Gasteiger partial charge in [-0.25, -0.2) is 12.8 Å². The molecule has 0 radical (unpaired) electrons. The maximum Gasteiger partial charge on any atom is 0.415 e. The van der Waals surface area contributed by atoms with Crippen LogP contribution >= 0.6 is 0 Å². The maximum atomic E-state index is 13.0. The topological polar surface area (TPSA) is 132 Å². The van der Waals surface area contributed by atoms with Crippen molar-refractivity contribution in [2.45, 2.75) is 9.92 Å². The molecule has 10 nitrogen and oxygen atoms in total. The number of carbonyl (C=O) groups is 1. The number of methoxy groups -OCH3 is 1. The molecule has 0 aliphatic carbocycles. The predicted molar refractivity (Wildman–Crippen MR) is 131 cm³/mol. The second-order valence-electron chi connectivity index (χ2n) is 7.66. The molecule has 0 aliphatic heterocycles. The van der Waals surface area contributed by atoms with Gasteiger partial charge >= 0.3 is 10.9 Å². The van der Waals surface area contributed by atoms with Crippen LogP contribution in [0, 0.1) is 11.0 Å². The summed E-state index contributed by atoms with van der Waals surface area (Å²) in [5.74, 6) is -0.592. The first-order chi connectivity index (χ1) is 18.3. The number of nitrogens with zero attached hydrogens (tertiary/aromatic N) is 2. The van der Waals surface area contributed by atoms with Gasteiger partial charge in [0.05, 0.1) is 22.7 Å². The van der Waals surface area contributed by atoms with Crippen molar-refractivity contribution in [3.63, 3.8) is 0 Å². The molecule has 0 saturated heterocycles. The van der Waals surface area contributed by atoms with Gasteiger partial charge in [0.2, 0.25) is 0 Å². The van der Waals surface area contributed by atoms with Crippen LogP contribution in [-0.4, -0.2) is 39.7 Å². The van der Waals surface area contributed by atoms with Gasteiger partial charge in [0.15, 0.2) is 5.78 Å². The van der Waals surface area contributed by atoms with Gasteiger partial charge in [-0.15, -0.1) is 0 Å². The molecule has 3 aromatic carbocycles. The summed E-state index contributed by atoms with van der Waals surface area (Å²) in [7, 11) is -2.83. The van der Waals surface area contributed by atoms with Crippen molar-refractivity contribution in [1.29, 1.82) is 0 Å². The number of hydrogen-bond acceptors (Lipinski definition) is 9. The number of carbonyl (C=O) groups excluding carboxylic acids is 1. The van der Waals surface area contributed by atoms with E-state index in [0.29, 0.717) is 11.3 Å². The minimum Gasteiger partial charge on any atom is -0.496 e. The summed E-state index contributed by atoms with van der Waals surface area (Å²) in [5, 5.41) is 14.6. The number of aromatic nitrogens is 2. The molecule has 38 heavy (non-hydrogen) atoms. The Morgan fingerprint density at radius 2 is 1.76 bits per heavy atom. The summed E-state index contributed by atoms with van der Waals surface area (Å²) in [6.07, 6.45) is 2.91. The van der Waals surface area contributed by atoms with Gasteiger partial charge in [0.25, 0.3) is 9.84 Å². The van der Waals surface area contributed by atoms with Crippen LogP contribution in [0.3, 0.4) is 0 Å². The van der Waals surface area contributed by atoms with Crippen LogP contribution in [0.1, 0.15) is 15.9 Å². The summed E-state index contributed by atoms with van der Waals surface area (Å²) in [6.45, 7) is -0.231. The Hall–Kier alpha value is -4.71. The van der Waals surface area contributed by atoms with Crippen molar-refractivity contribution < 1.29 is 41.3 Å². The fraction of sp³-hybridized carbons (Fsp3) is 0.115. The summed E-state index contributed by atoms with van der Waals surface area (Å²) in [6, 6.07) is 17.6. The van der Waals surface area contributed by atoms with E-state index in [2.05, 4.69) is 9.79 Å². The average Bonchev–Trinajstić information content (AvgIpc) is 3.31. The highest BCUT2D eigenvalue weighted by atomic mass is 32.2. The molecular weight excluding hydrogens is 519 g/mol. The van der Waals surface area contributed by atoms with E-state index in [-0.39, 0.29) is 45.9 Å². The first-order valence-electron chi connectivity index (χ1n) is 11.1. The average molecular weight is 541 g/mol. The SMILES string of the molecule is COc1cc(OCCOc2no[n+]([O-])c2S(=O)(=O)c2ccccc2)ccc1C(=O)/C=C/c1ccc(F)cc1. The molecule has 1 aromatic heterocycles. The van der Waals surface area contributed by atoms with Crippen LogP contribution in [0.15, 0.2) is 93.4 Å². The van der Waals surface area contributed by atoms with Crippen LogP contribution in [0.25, 0.3) is 6.08 Å². The molecule has 1 heterocycles. The molecular formula is C26H21FN2O8S. The minimum absolute atomic E-state index is 0.0581. The Bertz CT molecular complexity index is 1550. The first kappa shape index (κ1) is 26.4. The second kappa shape index (κ2) is 11.6. The van der Waals surface area contributed by atoms with E-state index in [1.165, 1.54) is 61.7 Å². The largest absolute Gasteiger partial charge is 0.496 e. The highest BCUT2D eigenvalue weighted by Crippen LogP contribution is 2.27. The lowest BCUT2D eigenvalue weighted by Crippen LogP contribution is -2.31. The zero-order valence-electron chi connectivity index (χ0n) is 19.9. The van der Waals surface area contributed by atoms with Crippen LogP contribution in [-0.2, 0) is 9.84 Å². The van der Waals surface area contributed by atoms with Gasteiger partial charge < -0.3 is 19.4 Å². The zero-order chi connectivity index (χ0) is 27.1. The molecule has 0 bridgehead atoms. The van der Waals surface area contributed by atoms with Crippen molar-refractivity contribution in [2.24, 2.45) is 0 Å². The van der Waals surface area contributed by atoms with E-state index >= 15 is 0 Å². The molecule has 196 valence electrons. The molecule has 12 heteroatoms. The van der Waals surface area contributed by atoms with Crippen molar-refractivity contribution >= 4 is 21.7 Å². The molecule has 0 saturated carbocycles. The predicted octanol–water partition coefficient (Wildman–Crippen LogP) is 3.64. The van der Waals surface area contributed by atoms with Gasteiger partial charge in [-0.1, -0.05) is 36.4 Å². The van der Waals surface area contributed by atoms with E-state index in [9.17, 15) is 22.8 Å². The minimum atomic E-state index is -4.24. The fourth-order valence-electron chi connectivity index (χ4n) is 3.34. The number of benzene rings is 3. The third-order valence-corrected chi connectivity index (χ3v) is 6.91. The van der Waals surface area contributed by atoms with Crippen LogP contribution < -0.4 is 19.1 Å². The zero-order valence-corrected chi connectivity index (χ0v) is 20.8. The summed E-state index contributed by atoms with van der Waals surface area (Å²) in [5.41, 5.74) is 0.945. The molecule has 4 aromatic rings. The molecule has 0 unspecified atom stereocenters. The van der Waals surface area contributed by atoms with E-state index in [1.54, 1.807) is 30.3 Å².